The van der Waals surface area contributed by atoms with E-state index in [9.17, 15) is 4.79 Å². The molecule has 12 heavy (non-hydrogen) atoms. The summed E-state index contributed by atoms with van der Waals surface area (Å²) in [7, 11) is 0. The Kier molecular flexibility index (Phi) is 1.89. The van der Waals surface area contributed by atoms with Crippen LogP contribution in [0, 0.1) is 0 Å². The number of carbonyl (C=O) groups is 1. The molecule has 1 heterocycles. The maximum absolute atomic E-state index is 11.0. The molecule has 0 fully saturated rings. The topological polar surface area (TPSA) is 29.1 Å². The number of aryl methyl sites for hydroxylation is 1. The van der Waals surface area contributed by atoms with Gasteiger partial charge >= 0.3 is 0 Å². The zero-order valence-corrected chi connectivity index (χ0v) is 8.02. The van der Waals surface area contributed by atoms with Crippen LogP contribution in [-0.2, 0) is 11.2 Å². The molecule has 0 saturated heterocycles. The van der Waals surface area contributed by atoms with Crippen LogP contribution in [0.4, 0.5) is 5.69 Å². The molecule has 0 bridgehead atoms. The lowest BCUT2D eigenvalue weighted by Crippen LogP contribution is -2.19. The summed E-state index contributed by atoms with van der Waals surface area (Å²) in [6.07, 6.45) is 1.45. The summed E-state index contributed by atoms with van der Waals surface area (Å²) >= 11 is 3.39. The van der Waals surface area contributed by atoms with Crippen molar-refractivity contribution in [3.05, 3.63) is 28.2 Å². The summed E-state index contributed by atoms with van der Waals surface area (Å²) in [6.45, 7) is 0. The first-order valence-electron chi connectivity index (χ1n) is 3.84. The van der Waals surface area contributed by atoms with Gasteiger partial charge in [0, 0.05) is 10.9 Å². The second-order valence-electron chi connectivity index (χ2n) is 2.82. The van der Waals surface area contributed by atoms with Gasteiger partial charge in [-0.2, -0.15) is 0 Å². The van der Waals surface area contributed by atoms with Crippen LogP contribution in [0.3, 0.4) is 0 Å². The molecular weight excluding hydrogens is 218 g/mol. The van der Waals surface area contributed by atoms with Crippen LogP contribution >= 0.6 is 15.9 Å². The number of rotatable bonds is 0. The highest BCUT2D eigenvalue weighted by Crippen LogP contribution is 2.30. The fourth-order valence-electron chi connectivity index (χ4n) is 1.37. The van der Waals surface area contributed by atoms with Crippen LogP contribution in [0.25, 0.3) is 0 Å². The fourth-order valence-corrected chi connectivity index (χ4v) is 1.87. The molecule has 0 saturated carbocycles. The summed E-state index contributed by atoms with van der Waals surface area (Å²) < 4.78 is 0.966. The summed E-state index contributed by atoms with van der Waals surface area (Å²) in [5, 5.41) is 2.84. The lowest BCUT2D eigenvalue weighted by Gasteiger charge is -2.17. The Bertz CT molecular complexity index is 335. The number of hydrogen-bond donors (Lipinski definition) is 1. The lowest BCUT2D eigenvalue weighted by molar-refractivity contribution is -0.116. The van der Waals surface area contributed by atoms with E-state index in [0.717, 1.165) is 16.6 Å². The van der Waals surface area contributed by atoms with E-state index in [1.165, 1.54) is 5.56 Å². The number of carbonyl (C=O) groups excluding carboxylic acids is 1. The van der Waals surface area contributed by atoms with Crippen LogP contribution < -0.4 is 5.32 Å². The van der Waals surface area contributed by atoms with Gasteiger partial charge in [-0.1, -0.05) is 12.1 Å². The third-order valence-electron chi connectivity index (χ3n) is 1.99. The molecule has 1 amide bonds. The Morgan fingerprint density at radius 1 is 1.33 bits per heavy atom. The quantitative estimate of drug-likeness (QED) is 0.722. The Hall–Kier alpha value is -0.830. The molecule has 1 aliphatic rings. The van der Waals surface area contributed by atoms with Crippen molar-refractivity contribution in [3.8, 4) is 0 Å². The number of amides is 1. The summed E-state index contributed by atoms with van der Waals surface area (Å²) in [5.74, 6) is 0.106. The predicted molar refractivity (Wildman–Crippen MR) is 51.1 cm³/mol. The molecule has 0 radical (unpaired) electrons. The summed E-state index contributed by atoms with van der Waals surface area (Å²) in [6, 6.07) is 5.96. The van der Waals surface area contributed by atoms with Gasteiger partial charge in [0.25, 0.3) is 0 Å². The van der Waals surface area contributed by atoms with E-state index in [-0.39, 0.29) is 5.91 Å². The first kappa shape index (κ1) is 7.80. The average molecular weight is 226 g/mol. The first-order chi connectivity index (χ1) is 5.77. The molecule has 2 rings (SSSR count). The zero-order valence-electron chi connectivity index (χ0n) is 6.43. The summed E-state index contributed by atoms with van der Waals surface area (Å²) in [4.78, 5) is 11.0. The number of fused-ring (bicyclic) bond motifs is 1. The fraction of sp³-hybridized carbons (Fsp3) is 0.222. The highest BCUT2D eigenvalue weighted by molar-refractivity contribution is 9.10. The number of halogens is 1. The molecular formula is C9H8BrNO. The third-order valence-corrected chi connectivity index (χ3v) is 2.65. The molecule has 62 valence electrons. The van der Waals surface area contributed by atoms with E-state index in [1.54, 1.807) is 0 Å². The first-order valence-corrected chi connectivity index (χ1v) is 4.64. The van der Waals surface area contributed by atoms with Gasteiger partial charge in [0.1, 0.15) is 0 Å². The van der Waals surface area contributed by atoms with Crippen LogP contribution in [0.5, 0.6) is 0 Å². The molecule has 1 aromatic carbocycles. The third kappa shape index (κ3) is 1.25. The largest absolute Gasteiger partial charge is 0.325 e. The van der Waals surface area contributed by atoms with Crippen molar-refractivity contribution in [1.29, 1.82) is 0 Å². The maximum Gasteiger partial charge on any atom is 0.224 e. The van der Waals surface area contributed by atoms with Gasteiger partial charge in [0.05, 0.1) is 5.69 Å². The van der Waals surface area contributed by atoms with Crippen molar-refractivity contribution in [3.63, 3.8) is 0 Å². The van der Waals surface area contributed by atoms with Crippen LogP contribution in [-0.4, -0.2) is 5.91 Å². The Morgan fingerprint density at radius 3 is 3.00 bits per heavy atom. The van der Waals surface area contributed by atoms with Crippen LogP contribution in [0.2, 0.25) is 0 Å². The minimum absolute atomic E-state index is 0.106. The van der Waals surface area contributed by atoms with Crippen molar-refractivity contribution in [2.24, 2.45) is 0 Å². The van der Waals surface area contributed by atoms with Gasteiger partial charge in [-0.25, -0.2) is 0 Å². The molecule has 0 aliphatic carbocycles. The molecule has 3 heteroatoms. The Balaban J connectivity index is 2.50. The van der Waals surface area contributed by atoms with Crippen molar-refractivity contribution < 1.29 is 4.79 Å². The smallest absolute Gasteiger partial charge is 0.224 e. The summed E-state index contributed by atoms with van der Waals surface area (Å²) in [5.41, 5.74) is 2.15. The average Bonchev–Trinajstić information content (AvgIpc) is 2.07. The zero-order chi connectivity index (χ0) is 8.55. The molecule has 1 N–H and O–H groups in total. The standard InChI is InChI=1S/C9H8BrNO/c10-7-3-1-2-6-4-5-8(12)11-9(6)7/h1-3H,4-5H2,(H,11,12). The number of anilines is 1. The molecule has 0 unspecified atom stereocenters. The van der Waals surface area contributed by atoms with E-state index in [2.05, 4.69) is 21.2 Å². The second kappa shape index (κ2) is 2.90. The molecule has 0 spiro atoms. The SMILES string of the molecule is O=C1CCc2cccc(Br)c2N1. The van der Waals surface area contributed by atoms with Gasteiger partial charge < -0.3 is 5.32 Å². The Morgan fingerprint density at radius 2 is 2.17 bits per heavy atom. The second-order valence-corrected chi connectivity index (χ2v) is 3.68. The molecule has 0 aromatic heterocycles. The van der Waals surface area contributed by atoms with Crippen molar-refractivity contribution in [1.82, 2.24) is 0 Å². The van der Waals surface area contributed by atoms with Gasteiger partial charge in [0.2, 0.25) is 5.91 Å². The van der Waals surface area contributed by atoms with E-state index in [0.29, 0.717) is 6.42 Å². The molecule has 1 aromatic rings. The Labute approximate surface area is 79.1 Å². The van der Waals surface area contributed by atoms with Crippen molar-refractivity contribution >= 4 is 27.5 Å². The minimum atomic E-state index is 0.106. The van der Waals surface area contributed by atoms with Gasteiger partial charge in [-0.3, -0.25) is 4.79 Å². The lowest BCUT2D eigenvalue weighted by atomic mass is 10.0. The predicted octanol–water partition coefficient (Wildman–Crippen LogP) is 2.33. The number of benzene rings is 1. The minimum Gasteiger partial charge on any atom is -0.325 e. The van der Waals surface area contributed by atoms with Gasteiger partial charge in [-0.05, 0) is 34.0 Å². The molecule has 2 nitrogen and oxygen atoms in total. The number of para-hydroxylation sites is 1. The molecule has 0 atom stereocenters. The van der Waals surface area contributed by atoms with E-state index >= 15 is 0 Å². The highest BCUT2D eigenvalue weighted by Gasteiger charge is 2.15. The van der Waals surface area contributed by atoms with Crippen molar-refractivity contribution in [2.45, 2.75) is 12.8 Å². The van der Waals surface area contributed by atoms with Gasteiger partial charge in [-0.15, -0.1) is 0 Å². The maximum atomic E-state index is 11.0. The molecule has 1 aliphatic heterocycles. The van der Waals surface area contributed by atoms with E-state index in [1.807, 2.05) is 18.2 Å². The van der Waals surface area contributed by atoms with E-state index < -0.39 is 0 Å². The number of nitrogens with one attached hydrogen (secondary N) is 1. The monoisotopic (exact) mass is 225 g/mol. The van der Waals surface area contributed by atoms with Crippen LogP contribution in [0.1, 0.15) is 12.0 Å². The van der Waals surface area contributed by atoms with Crippen molar-refractivity contribution in [2.75, 3.05) is 5.32 Å². The normalized spacial score (nSPS) is 15.2. The highest BCUT2D eigenvalue weighted by atomic mass is 79.9. The van der Waals surface area contributed by atoms with Gasteiger partial charge in [0.15, 0.2) is 0 Å². The number of hydrogen-bond acceptors (Lipinski definition) is 1. The van der Waals surface area contributed by atoms with E-state index in [4.69, 9.17) is 0 Å². The van der Waals surface area contributed by atoms with Crippen LogP contribution in [0.15, 0.2) is 22.7 Å².